The van der Waals surface area contributed by atoms with Crippen molar-refractivity contribution in [1.82, 2.24) is 40.0 Å². The van der Waals surface area contributed by atoms with Gasteiger partial charge in [0.25, 0.3) is 0 Å². The Hall–Kier alpha value is -7.72. The van der Waals surface area contributed by atoms with Gasteiger partial charge >= 0.3 is 53.6 Å². The molecule has 5 aliphatic rings. The van der Waals surface area contributed by atoms with Gasteiger partial charge < -0.3 is 59.1 Å². The molecule has 0 aromatic carbocycles. The third kappa shape index (κ3) is 21.9. The number of alkyl halides is 3. The number of likely N-dealkylation sites (tertiary alicyclic amines) is 2. The number of halogens is 3. The summed E-state index contributed by atoms with van der Waals surface area (Å²) in [5.41, 5.74) is 0.262. The Balaban J connectivity index is 0.000000245. The van der Waals surface area contributed by atoms with Crippen LogP contribution in [0.3, 0.4) is 0 Å². The molecular weight excluding hydrogens is 1300 g/mol. The van der Waals surface area contributed by atoms with Crippen molar-refractivity contribution in [2.75, 3.05) is 104 Å². The zero-order valence-electron chi connectivity index (χ0n) is 58.7. The number of carbonyl (C=O) groups is 6. The van der Waals surface area contributed by atoms with Gasteiger partial charge in [-0.05, 0) is 133 Å². The summed E-state index contributed by atoms with van der Waals surface area (Å²) in [4.78, 5) is 101. The Labute approximate surface area is 599 Å². The molecule has 0 bridgehead atoms. The Morgan fingerprint density at radius 3 is 1.36 bits per heavy atom. The van der Waals surface area contributed by atoms with Crippen molar-refractivity contribution in [2.24, 2.45) is 0 Å². The fourth-order valence-corrected chi connectivity index (χ4v) is 12.5. The van der Waals surface area contributed by atoms with Crippen LogP contribution < -0.4 is 59.3 Å². The van der Waals surface area contributed by atoms with Gasteiger partial charge in [-0.15, -0.1) is 0 Å². The number of nitrogens with zero attached hydrogens (tertiary/aromatic N) is 8. The van der Waals surface area contributed by atoms with Crippen molar-refractivity contribution in [3.8, 4) is 17.6 Å². The molecule has 3 atom stereocenters. The normalized spacial score (nSPS) is 16.7. The minimum atomic E-state index is -1.77. The third-order valence-electron chi connectivity index (χ3n) is 17.7. The number of methoxy groups -OCH3 is 3. The molecule has 3 unspecified atom stereocenters. The van der Waals surface area contributed by atoms with Gasteiger partial charge in [0.05, 0.1) is 86.6 Å². The maximum atomic E-state index is 16.1. The van der Waals surface area contributed by atoms with E-state index >= 15 is 8.78 Å². The molecule has 5 aromatic rings. The number of hydrogen-bond acceptors (Lipinski definition) is 21. The quantitative estimate of drug-likeness (QED) is 0.0339. The summed E-state index contributed by atoms with van der Waals surface area (Å²) in [5, 5.41) is 6.23. The van der Waals surface area contributed by atoms with Crippen molar-refractivity contribution in [3.63, 3.8) is 0 Å². The molecule has 3 fully saturated rings. The van der Waals surface area contributed by atoms with E-state index in [9.17, 15) is 33.2 Å². The van der Waals surface area contributed by atoms with Crippen LogP contribution in [0.1, 0.15) is 156 Å². The van der Waals surface area contributed by atoms with Crippen LogP contribution in [0.4, 0.5) is 29.6 Å². The minimum Gasteiger partial charge on any atom is -0.870 e. The van der Waals surface area contributed by atoms with E-state index in [4.69, 9.17) is 38.1 Å². The number of ether oxygens (including phenoxy) is 7. The predicted molar refractivity (Wildman–Crippen MR) is 357 cm³/mol. The number of aromatic nitrogens is 5. The van der Waals surface area contributed by atoms with Crippen molar-refractivity contribution >= 4 is 47.5 Å². The second kappa shape index (κ2) is 37.1. The van der Waals surface area contributed by atoms with E-state index in [1.807, 2.05) is 39.0 Å². The van der Waals surface area contributed by atoms with Gasteiger partial charge in [-0.3, -0.25) is 28.9 Å². The molecule has 3 saturated heterocycles. The number of aryl methyl sites for hydroxylation is 4. The molecule has 3 N–H and O–H groups in total. The molecule has 0 saturated carbocycles. The standard InChI is InChI=1S/C31H41FN4O6.C26H33FN4O4.C14H19FN2O3.Na.H2O/c1-6-41-27(38)17-24(22-13-15-25(40-5)33-18-22)31(32)19-35(20-31)26(37)11-7-10-23-14-12-21-9-8-16-36(28(21)34-23)29(39)42-30(2,3)4;1-3-35-24(33)14-21(19-10-12-22(34-2)29-15-19)26(27)16-31(17-26)23(32)8-4-7-20-11-9-18-6-5-13-28-25(18)30-20;1-3-20-13(18)6-11(14(15)8-16-9-14)10-4-5-12(19-2)17-7-10;;/h12-15,18,24H,6-11,16-17,19-20H2,1-5H3;9-12,15,21H,3-8,13-14,16-17H2,1-2H3,(H,28,30);4-5,7,11,16H,3,6,8-9H2,1-2H3;;1H2/q;;;+1;/p-1. The first-order valence-electron chi connectivity index (χ1n) is 33.4. The summed E-state index contributed by atoms with van der Waals surface area (Å²) in [5.74, 6) is -0.884. The second-order valence-electron chi connectivity index (χ2n) is 25.9. The van der Waals surface area contributed by atoms with E-state index in [1.54, 1.807) is 68.3 Å². The number of anilines is 2. The zero-order valence-corrected chi connectivity index (χ0v) is 60.7. The van der Waals surface area contributed by atoms with Crippen LogP contribution in [0.25, 0.3) is 0 Å². The van der Waals surface area contributed by atoms with Gasteiger partial charge in [-0.1, -0.05) is 30.3 Å². The minimum absolute atomic E-state index is 0. The molecule has 0 spiro atoms. The van der Waals surface area contributed by atoms with Gasteiger partial charge in [0.1, 0.15) is 22.9 Å². The van der Waals surface area contributed by atoms with Gasteiger partial charge in [0, 0.05) is 105 Å². The number of carbonyl (C=O) groups excluding carboxylic acids is 6. The Morgan fingerprint density at radius 2 is 0.980 bits per heavy atom. The number of nitrogens with one attached hydrogen (secondary N) is 2. The largest absolute Gasteiger partial charge is 1.00 e. The van der Waals surface area contributed by atoms with Crippen molar-refractivity contribution < 1.29 is 110 Å². The summed E-state index contributed by atoms with van der Waals surface area (Å²) in [7, 11) is 4.51. The third-order valence-corrected chi connectivity index (χ3v) is 17.7. The van der Waals surface area contributed by atoms with E-state index in [-0.39, 0.29) is 125 Å². The molecule has 5 aromatic heterocycles. The van der Waals surface area contributed by atoms with Crippen LogP contribution in [0.15, 0.2) is 79.3 Å². The van der Waals surface area contributed by atoms with Crippen molar-refractivity contribution in [2.45, 2.75) is 165 Å². The number of amides is 3. The van der Waals surface area contributed by atoms with E-state index in [0.29, 0.717) is 85.4 Å². The fourth-order valence-electron chi connectivity index (χ4n) is 12.5. The fraction of sp³-hybridized carbons (Fsp3) is 0.563. The van der Waals surface area contributed by atoms with Gasteiger partial charge in [-0.2, -0.15) is 0 Å². The van der Waals surface area contributed by atoms with Crippen LogP contribution in [0.2, 0.25) is 0 Å². The van der Waals surface area contributed by atoms with E-state index in [2.05, 4.69) is 36.6 Å². The molecule has 10 rings (SSSR count). The number of esters is 3. The Kier molecular flexibility index (Phi) is 30.1. The summed E-state index contributed by atoms with van der Waals surface area (Å²) in [6, 6.07) is 18.1. The van der Waals surface area contributed by atoms with Crippen LogP contribution in [0, 0.1) is 0 Å². The first-order valence-corrected chi connectivity index (χ1v) is 33.4. The SMILES string of the molecule is CCOC(=O)CC(c1ccc(OC)nc1)C1(F)CN(C(=O)CCCc2ccc3c(n2)N(C(=O)OC(C)(C)C)CCC3)C1.CCOC(=O)CC(c1ccc(OC)nc1)C1(F)CN(C(=O)CCCc2ccc3c(n2)NCCC3)C1.CCOC(=O)CC(c1ccc(OC)nc1)C1(F)CNC1.[Na+].[OH-]. The van der Waals surface area contributed by atoms with Crippen LogP contribution in [-0.4, -0.2) is 192 Å². The van der Waals surface area contributed by atoms with E-state index in [0.717, 1.165) is 55.0 Å². The summed E-state index contributed by atoms with van der Waals surface area (Å²) >= 11 is 0. The molecule has 5 aliphatic heterocycles. The van der Waals surface area contributed by atoms with Crippen LogP contribution >= 0.6 is 0 Å². The summed E-state index contributed by atoms with van der Waals surface area (Å²) in [6.07, 6.45) is 10.7. The number of pyridine rings is 5. The van der Waals surface area contributed by atoms with Crippen LogP contribution in [0.5, 0.6) is 17.6 Å². The molecule has 99 heavy (non-hydrogen) atoms. The number of fused-ring (bicyclic) bond motifs is 2. The monoisotopic (exact) mass is 1390 g/mol. The van der Waals surface area contributed by atoms with Gasteiger partial charge in [0.2, 0.25) is 29.5 Å². The van der Waals surface area contributed by atoms with Crippen molar-refractivity contribution in [1.29, 1.82) is 0 Å². The number of hydrogen-bond donors (Lipinski definition) is 2. The second-order valence-corrected chi connectivity index (χ2v) is 25.9. The van der Waals surface area contributed by atoms with E-state index < -0.39 is 64.4 Å². The molecule has 10 heterocycles. The molecule has 3 amide bonds. The Bertz CT molecular complexity index is 3470. The van der Waals surface area contributed by atoms with Crippen LogP contribution in [-0.2, 0) is 68.6 Å². The average molecular weight is 1390 g/mol. The molecular formula is C71H94F3N10NaO14. The summed E-state index contributed by atoms with van der Waals surface area (Å²) < 4.78 is 82.5. The maximum Gasteiger partial charge on any atom is 1.00 e. The molecule has 28 heteroatoms. The molecule has 24 nitrogen and oxygen atoms in total. The Morgan fingerprint density at radius 1 is 0.566 bits per heavy atom. The molecule has 0 radical (unpaired) electrons. The maximum absolute atomic E-state index is 16.1. The van der Waals surface area contributed by atoms with Gasteiger partial charge in [-0.25, -0.2) is 42.9 Å². The average Bonchev–Trinajstić information content (AvgIpc) is 0.771. The zero-order chi connectivity index (χ0) is 69.9. The van der Waals surface area contributed by atoms with Gasteiger partial charge in [0.15, 0.2) is 11.3 Å². The topological polar surface area (TPSA) is 295 Å². The van der Waals surface area contributed by atoms with E-state index in [1.165, 1.54) is 49.1 Å². The molecule has 534 valence electrons. The first kappa shape index (κ1) is 80.3. The van der Waals surface area contributed by atoms with Crippen molar-refractivity contribution in [3.05, 3.63) is 118 Å². The molecule has 0 aliphatic carbocycles. The first-order chi connectivity index (χ1) is 46.4. The summed E-state index contributed by atoms with van der Waals surface area (Å²) in [6.45, 7) is 13.0. The predicted octanol–water partition coefficient (Wildman–Crippen LogP) is 6.50. The number of rotatable bonds is 26. The smallest absolute Gasteiger partial charge is 0.870 e.